The van der Waals surface area contributed by atoms with Crippen molar-refractivity contribution in [1.82, 2.24) is 4.68 Å². The Bertz CT molecular complexity index is 961. The summed E-state index contributed by atoms with van der Waals surface area (Å²) in [7, 11) is 1.61. The minimum Gasteiger partial charge on any atom is -0.383 e. The number of methoxy groups -OCH3 is 1. The first kappa shape index (κ1) is 18.2. The van der Waals surface area contributed by atoms with Crippen LogP contribution in [0.25, 0.3) is 11.3 Å². The lowest BCUT2D eigenvalue weighted by atomic mass is 10.1. The van der Waals surface area contributed by atoms with Crippen molar-refractivity contribution in [3.05, 3.63) is 75.9 Å². The lowest BCUT2D eigenvalue weighted by Crippen LogP contribution is -2.14. The van der Waals surface area contributed by atoms with Crippen molar-refractivity contribution in [3.8, 4) is 11.3 Å². The summed E-state index contributed by atoms with van der Waals surface area (Å²) < 4.78 is 33.9. The number of hydrogen-bond acceptors (Lipinski definition) is 4. The van der Waals surface area contributed by atoms with Gasteiger partial charge in [-0.3, -0.25) is 4.99 Å². The largest absolute Gasteiger partial charge is 0.383 e. The van der Waals surface area contributed by atoms with Gasteiger partial charge in [0.05, 0.1) is 25.1 Å². The van der Waals surface area contributed by atoms with Gasteiger partial charge in [-0.05, 0) is 29.8 Å². The van der Waals surface area contributed by atoms with Crippen LogP contribution in [0.2, 0.25) is 0 Å². The average Bonchev–Trinajstić information content (AvgIpc) is 3.04. The molecule has 26 heavy (non-hydrogen) atoms. The Hall–Kier alpha value is -2.64. The quantitative estimate of drug-likeness (QED) is 0.477. The minimum atomic E-state index is -0.334. The number of rotatable bonds is 6. The first-order valence-corrected chi connectivity index (χ1v) is 8.82. The fourth-order valence-corrected chi connectivity index (χ4v) is 3.13. The molecule has 0 spiro atoms. The van der Waals surface area contributed by atoms with Gasteiger partial charge in [0.1, 0.15) is 11.6 Å². The second-order valence-corrected chi connectivity index (χ2v) is 6.20. The van der Waals surface area contributed by atoms with Crippen molar-refractivity contribution in [3.63, 3.8) is 0 Å². The van der Waals surface area contributed by atoms with Gasteiger partial charge in [-0.1, -0.05) is 24.3 Å². The molecule has 0 bridgehead atoms. The predicted molar refractivity (Wildman–Crippen MR) is 99.4 cm³/mol. The second-order valence-electron chi connectivity index (χ2n) is 5.37. The number of thiazole rings is 1. The van der Waals surface area contributed by atoms with Gasteiger partial charge >= 0.3 is 0 Å². The molecule has 1 aromatic heterocycles. The highest BCUT2D eigenvalue weighted by atomic mass is 32.1. The summed E-state index contributed by atoms with van der Waals surface area (Å²) in [5.74, 6) is -0.646. The van der Waals surface area contributed by atoms with E-state index in [1.54, 1.807) is 48.3 Å². The molecule has 0 unspecified atom stereocenters. The van der Waals surface area contributed by atoms with Gasteiger partial charge in [0.25, 0.3) is 0 Å². The third kappa shape index (κ3) is 4.30. The molecular weight excluding hydrogens is 356 g/mol. The molecule has 0 aliphatic rings. The molecule has 3 aromatic rings. The number of halogens is 2. The molecule has 0 saturated heterocycles. The van der Waals surface area contributed by atoms with Crippen LogP contribution < -0.4 is 4.80 Å². The molecule has 0 amide bonds. The molecule has 1 heterocycles. The van der Waals surface area contributed by atoms with E-state index in [2.05, 4.69) is 10.1 Å². The second kappa shape index (κ2) is 8.64. The number of hydrogen-bond donors (Lipinski definition) is 0. The summed E-state index contributed by atoms with van der Waals surface area (Å²) in [5.41, 5.74) is 1.77. The van der Waals surface area contributed by atoms with Crippen molar-refractivity contribution in [1.29, 1.82) is 0 Å². The molecule has 4 nitrogen and oxygen atoms in total. The smallest absolute Gasteiger partial charge is 0.206 e. The summed E-state index contributed by atoms with van der Waals surface area (Å²) in [4.78, 5) is 5.08. The summed E-state index contributed by atoms with van der Waals surface area (Å²) >= 11 is 1.37. The zero-order valence-corrected chi connectivity index (χ0v) is 14.9. The van der Waals surface area contributed by atoms with Crippen molar-refractivity contribution in [2.24, 2.45) is 10.1 Å². The normalized spacial score (nSPS) is 12.2. The Balaban J connectivity index is 2.04. The minimum absolute atomic E-state index is 0.312. The Labute approximate surface area is 153 Å². The van der Waals surface area contributed by atoms with E-state index in [1.807, 2.05) is 5.38 Å². The first-order valence-electron chi connectivity index (χ1n) is 7.94. The van der Waals surface area contributed by atoms with Crippen LogP contribution in [0, 0.1) is 11.6 Å². The molecule has 0 aliphatic heterocycles. The first-order chi connectivity index (χ1) is 12.7. The summed E-state index contributed by atoms with van der Waals surface area (Å²) in [6.45, 7) is 0.953. The molecule has 0 aliphatic carbocycles. The van der Waals surface area contributed by atoms with E-state index in [4.69, 9.17) is 4.74 Å². The van der Waals surface area contributed by atoms with E-state index < -0.39 is 0 Å². The number of nitrogens with zero attached hydrogens (tertiary/aromatic N) is 3. The highest BCUT2D eigenvalue weighted by Crippen LogP contribution is 2.23. The Morgan fingerprint density at radius 1 is 1.12 bits per heavy atom. The topological polar surface area (TPSA) is 38.9 Å². The van der Waals surface area contributed by atoms with Gasteiger partial charge in [0.15, 0.2) is 0 Å². The van der Waals surface area contributed by atoms with Gasteiger partial charge < -0.3 is 4.74 Å². The van der Waals surface area contributed by atoms with E-state index in [0.29, 0.717) is 29.2 Å². The Morgan fingerprint density at radius 2 is 1.88 bits per heavy atom. The molecule has 3 rings (SSSR count). The van der Waals surface area contributed by atoms with Crippen LogP contribution in [0.3, 0.4) is 0 Å². The van der Waals surface area contributed by atoms with E-state index in [-0.39, 0.29) is 11.6 Å². The van der Waals surface area contributed by atoms with Crippen LogP contribution in [-0.4, -0.2) is 31.2 Å². The van der Waals surface area contributed by atoms with Crippen molar-refractivity contribution < 1.29 is 13.5 Å². The van der Waals surface area contributed by atoms with Crippen LogP contribution in [0.4, 0.5) is 8.78 Å². The van der Waals surface area contributed by atoms with Gasteiger partial charge in [0.2, 0.25) is 4.80 Å². The molecule has 7 heteroatoms. The van der Waals surface area contributed by atoms with Crippen LogP contribution in [0.15, 0.2) is 64.0 Å². The molecule has 0 N–H and O–H groups in total. The maximum absolute atomic E-state index is 14.2. The predicted octanol–water partition coefficient (Wildman–Crippen LogP) is 3.92. The molecule has 2 aromatic carbocycles. The van der Waals surface area contributed by atoms with Gasteiger partial charge in [-0.15, -0.1) is 11.3 Å². The lowest BCUT2D eigenvalue weighted by molar-refractivity contribution is 0.207. The van der Waals surface area contributed by atoms with Crippen LogP contribution in [0.1, 0.15) is 5.56 Å². The molecule has 0 atom stereocenters. The fourth-order valence-electron chi connectivity index (χ4n) is 2.28. The van der Waals surface area contributed by atoms with Crippen LogP contribution in [0.5, 0.6) is 0 Å². The highest BCUT2D eigenvalue weighted by Gasteiger charge is 2.11. The van der Waals surface area contributed by atoms with E-state index in [9.17, 15) is 8.78 Å². The zero-order chi connectivity index (χ0) is 18.4. The Kier molecular flexibility index (Phi) is 6.04. The number of benzene rings is 2. The van der Waals surface area contributed by atoms with E-state index in [1.165, 1.54) is 29.5 Å². The third-order valence-electron chi connectivity index (χ3n) is 3.57. The molecule has 0 saturated carbocycles. The van der Waals surface area contributed by atoms with Crippen LogP contribution >= 0.6 is 11.3 Å². The highest BCUT2D eigenvalue weighted by molar-refractivity contribution is 7.07. The van der Waals surface area contributed by atoms with Gasteiger partial charge in [-0.25, -0.2) is 13.5 Å². The van der Waals surface area contributed by atoms with Gasteiger partial charge in [-0.2, -0.15) is 5.10 Å². The summed E-state index contributed by atoms with van der Waals surface area (Å²) in [5, 5.41) is 6.25. The SMILES string of the molecule is COCCN=c1scc(-c2ccccc2F)n1/N=C\c1ccc(F)cc1. The molecule has 0 fully saturated rings. The van der Waals surface area contributed by atoms with Crippen molar-refractivity contribution in [2.75, 3.05) is 20.3 Å². The molecule has 134 valence electrons. The van der Waals surface area contributed by atoms with E-state index >= 15 is 0 Å². The number of aromatic nitrogens is 1. The summed E-state index contributed by atoms with van der Waals surface area (Å²) in [6.07, 6.45) is 1.59. The Morgan fingerprint density at radius 3 is 2.62 bits per heavy atom. The standard InChI is InChI=1S/C19H17F2N3OS/c1-25-11-10-22-19-24(23-12-14-6-8-15(20)9-7-14)18(13-26-19)16-4-2-3-5-17(16)21/h2-9,12-13H,10-11H2,1H3/b22-19?,23-12-. The number of ether oxygens (including phenoxy) is 1. The summed E-state index contributed by atoms with van der Waals surface area (Å²) in [6, 6.07) is 12.5. The lowest BCUT2D eigenvalue weighted by Gasteiger charge is -2.04. The molecule has 0 radical (unpaired) electrons. The maximum atomic E-state index is 14.2. The average molecular weight is 373 g/mol. The maximum Gasteiger partial charge on any atom is 0.206 e. The van der Waals surface area contributed by atoms with E-state index in [0.717, 1.165) is 5.56 Å². The molecular formula is C19H17F2N3OS. The van der Waals surface area contributed by atoms with Crippen molar-refractivity contribution >= 4 is 17.6 Å². The van der Waals surface area contributed by atoms with Crippen molar-refractivity contribution in [2.45, 2.75) is 0 Å². The zero-order valence-electron chi connectivity index (χ0n) is 14.1. The monoisotopic (exact) mass is 373 g/mol. The fraction of sp³-hybridized carbons (Fsp3) is 0.158. The van der Waals surface area contributed by atoms with Gasteiger partial charge in [0, 0.05) is 18.1 Å². The third-order valence-corrected chi connectivity index (χ3v) is 4.42. The van der Waals surface area contributed by atoms with Crippen LogP contribution in [-0.2, 0) is 4.74 Å².